The Bertz CT molecular complexity index is 1030. The molecule has 0 saturated heterocycles. The van der Waals surface area contributed by atoms with Crippen LogP contribution in [0.4, 0.5) is 11.4 Å². The van der Waals surface area contributed by atoms with Crippen LogP contribution < -0.4 is 5.32 Å². The van der Waals surface area contributed by atoms with E-state index < -0.39 is 4.92 Å². The average molecular weight is 467 g/mol. The van der Waals surface area contributed by atoms with Crippen molar-refractivity contribution in [3.63, 3.8) is 0 Å². The van der Waals surface area contributed by atoms with E-state index >= 15 is 0 Å². The van der Waals surface area contributed by atoms with Gasteiger partial charge in [0.15, 0.2) is 5.78 Å². The van der Waals surface area contributed by atoms with Crippen molar-refractivity contribution in [3.05, 3.63) is 104 Å². The van der Waals surface area contributed by atoms with E-state index in [4.69, 9.17) is 0 Å². The van der Waals surface area contributed by atoms with Crippen LogP contribution in [0.2, 0.25) is 0 Å². The zero-order chi connectivity index (χ0) is 21.7. The topological polar surface area (TPSA) is 72.2 Å². The molecule has 0 aliphatic rings. The Hall–Kier alpha value is -2.99. The van der Waals surface area contributed by atoms with Crippen molar-refractivity contribution in [2.75, 3.05) is 5.32 Å². The number of Topliss-reactive ketones (excluding diaryl/α,β-unsaturated/α-hetero) is 1. The summed E-state index contributed by atoms with van der Waals surface area (Å²) in [5, 5.41) is 14.4. The smallest absolute Gasteiger partial charge is 0.271 e. The van der Waals surface area contributed by atoms with Crippen molar-refractivity contribution < 1.29 is 9.72 Å². The summed E-state index contributed by atoms with van der Waals surface area (Å²) in [5.74, 6) is 0.407. The summed E-state index contributed by atoms with van der Waals surface area (Å²) < 4.78 is 0.912. The standard InChI is InChI=1S/C24H23BrN2O3/c1-16(2)17-6-8-18(9-7-17)23(15-24(28)19-10-12-20(25)13-11-19)26-21-4-3-5-22(14-21)27(29)30/h3-14,16,23,26H,15H2,1-2H3. The van der Waals surface area contributed by atoms with Gasteiger partial charge >= 0.3 is 0 Å². The van der Waals surface area contributed by atoms with Gasteiger partial charge in [0.2, 0.25) is 0 Å². The first-order valence-electron chi connectivity index (χ1n) is 9.73. The van der Waals surface area contributed by atoms with Crippen LogP contribution in [0.25, 0.3) is 0 Å². The second-order valence-electron chi connectivity index (χ2n) is 7.46. The highest BCUT2D eigenvalue weighted by molar-refractivity contribution is 9.10. The van der Waals surface area contributed by atoms with Gasteiger partial charge in [-0.15, -0.1) is 0 Å². The molecule has 1 atom stereocenters. The zero-order valence-electron chi connectivity index (χ0n) is 16.8. The molecule has 3 rings (SSSR count). The lowest BCUT2D eigenvalue weighted by molar-refractivity contribution is -0.384. The third-order valence-corrected chi connectivity index (χ3v) is 5.49. The number of ketones is 1. The van der Waals surface area contributed by atoms with E-state index in [1.807, 2.05) is 24.3 Å². The summed E-state index contributed by atoms with van der Waals surface area (Å²) in [4.78, 5) is 23.6. The third kappa shape index (κ3) is 5.54. The highest BCUT2D eigenvalue weighted by Crippen LogP contribution is 2.28. The van der Waals surface area contributed by atoms with E-state index in [0.29, 0.717) is 17.2 Å². The Balaban J connectivity index is 1.89. The van der Waals surface area contributed by atoms with Crippen LogP contribution in [0.3, 0.4) is 0 Å². The average Bonchev–Trinajstić information content (AvgIpc) is 2.74. The highest BCUT2D eigenvalue weighted by Gasteiger charge is 2.19. The molecule has 0 amide bonds. The maximum absolute atomic E-state index is 12.9. The monoisotopic (exact) mass is 466 g/mol. The number of hydrogen-bond acceptors (Lipinski definition) is 4. The summed E-state index contributed by atoms with van der Waals surface area (Å²) >= 11 is 3.38. The van der Waals surface area contributed by atoms with Crippen molar-refractivity contribution in [3.8, 4) is 0 Å². The predicted molar refractivity (Wildman–Crippen MR) is 123 cm³/mol. The lowest BCUT2D eigenvalue weighted by Crippen LogP contribution is -2.16. The Morgan fingerprint density at radius 1 is 1.00 bits per heavy atom. The van der Waals surface area contributed by atoms with Crippen LogP contribution in [0.15, 0.2) is 77.3 Å². The zero-order valence-corrected chi connectivity index (χ0v) is 18.4. The van der Waals surface area contributed by atoms with Crippen LogP contribution in [-0.2, 0) is 0 Å². The molecule has 3 aromatic carbocycles. The highest BCUT2D eigenvalue weighted by atomic mass is 79.9. The summed E-state index contributed by atoms with van der Waals surface area (Å²) in [5.41, 5.74) is 3.41. The largest absolute Gasteiger partial charge is 0.378 e. The fourth-order valence-corrected chi connectivity index (χ4v) is 3.48. The molecule has 0 bridgehead atoms. The number of nitrogens with one attached hydrogen (secondary N) is 1. The number of nitro benzene ring substituents is 1. The second-order valence-corrected chi connectivity index (χ2v) is 8.38. The van der Waals surface area contributed by atoms with Gasteiger partial charge in [-0.2, -0.15) is 0 Å². The minimum absolute atomic E-state index is 0.00151. The molecule has 30 heavy (non-hydrogen) atoms. The lowest BCUT2D eigenvalue weighted by atomic mass is 9.95. The number of hydrogen-bond donors (Lipinski definition) is 1. The Kier molecular flexibility index (Phi) is 7.00. The van der Waals surface area contributed by atoms with Crippen LogP contribution in [0.5, 0.6) is 0 Å². The minimum Gasteiger partial charge on any atom is -0.378 e. The van der Waals surface area contributed by atoms with Crippen molar-refractivity contribution in [2.45, 2.75) is 32.2 Å². The van der Waals surface area contributed by atoms with Gasteiger partial charge in [0.05, 0.1) is 11.0 Å². The number of nitrogens with zero attached hydrogens (tertiary/aromatic N) is 1. The van der Waals surface area contributed by atoms with E-state index in [2.05, 4.69) is 47.2 Å². The van der Waals surface area contributed by atoms with Crippen LogP contribution in [0, 0.1) is 10.1 Å². The predicted octanol–water partition coefficient (Wildman–Crippen LogP) is 6.91. The van der Waals surface area contributed by atoms with E-state index in [9.17, 15) is 14.9 Å². The molecule has 0 spiro atoms. The number of halogens is 1. The first-order chi connectivity index (χ1) is 14.3. The van der Waals surface area contributed by atoms with Gasteiger partial charge in [0.25, 0.3) is 5.69 Å². The SMILES string of the molecule is CC(C)c1ccc(C(CC(=O)c2ccc(Br)cc2)Nc2cccc([N+](=O)[O-])c2)cc1. The Morgan fingerprint density at radius 3 is 2.23 bits per heavy atom. The molecular weight excluding hydrogens is 444 g/mol. The first kappa shape index (κ1) is 21.7. The van der Waals surface area contributed by atoms with Gasteiger partial charge in [-0.05, 0) is 35.2 Å². The van der Waals surface area contributed by atoms with E-state index in [1.54, 1.807) is 24.3 Å². The molecule has 6 heteroatoms. The molecule has 0 heterocycles. The van der Waals surface area contributed by atoms with Crippen molar-refractivity contribution in [2.24, 2.45) is 0 Å². The van der Waals surface area contributed by atoms with Crippen LogP contribution >= 0.6 is 15.9 Å². The molecule has 0 aromatic heterocycles. The Labute approximate surface area is 184 Å². The number of benzene rings is 3. The van der Waals surface area contributed by atoms with Gasteiger partial charge in [-0.25, -0.2) is 0 Å². The number of rotatable bonds is 8. The number of nitro groups is 1. The summed E-state index contributed by atoms with van der Waals surface area (Å²) in [7, 11) is 0. The summed E-state index contributed by atoms with van der Waals surface area (Å²) in [6.45, 7) is 4.26. The molecule has 0 fully saturated rings. The molecule has 3 aromatic rings. The molecule has 0 aliphatic heterocycles. The number of anilines is 1. The van der Waals surface area contributed by atoms with Gasteiger partial charge < -0.3 is 5.32 Å². The van der Waals surface area contributed by atoms with Crippen LogP contribution in [-0.4, -0.2) is 10.7 Å². The molecular formula is C24H23BrN2O3. The fraction of sp³-hybridized carbons (Fsp3) is 0.208. The van der Waals surface area contributed by atoms with E-state index in [-0.39, 0.29) is 23.9 Å². The number of carbonyl (C=O) groups excluding carboxylic acids is 1. The van der Waals surface area contributed by atoms with Crippen molar-refractivity contribution >= 4 is 33.1 Å². The number of non-ortho nitro benzene ring substituents is 1. The normalized spacial score (nSPS) is 11.9. The van der Waals surface area contributed by atoms with E-state index in [1.165, 1.54) is 17.7 Å². The maximum atomic E-state index is 12.9. The quantitative estimate of drug-likeness (QED) is 0.222. The molecule has 0 radical (unpaired) electrons. The molecule has 0 aliphatic carbocycles. The van der Waals surface area contributed by atoms with Gasteiger partial charge in [-0.3, -0.25) is 14.9 Å². The fourth-order valence-electron chi connectivity index (χ4n) is 3.21. The molecule has 0 saturated carbocycles. The molecule has 5 nitrogen and oxygen atoms in total. The van der Waals surface area contributed by atoms with Gasteiger partial charge in [-0.1, -0.05) is 72.2 Å². The number of carbonyl (C=O) groups is 1. The Morgan fingerprint density at radius 2 is 1.63 bits per heavy atom. The van der Waals surface area contributed by atoms with Crippen LogP contribution in [0.1, 0.15) is 53.7 Å². The van der Waals surface area contributed by atoms with Crippen molar-refractivity contribution in [1.82, 2.24) is 0 Å². The summed E-state index contributed by atoms with van der Waals surface area (Å²) in [6.07, 6.45) is 0.228. The summed E-state index contributed by atoms with van der Waals surface area (Å²) in [6, 6.07) is 21.4. The minimum atomic E-state index is -0.426. The third-order valence-electron chi connectivity index (χ3n) is 4.96. The van der Waals surface area contributed by atoms with Crippen molar-refractivity contribution in [1.29, 1.82) is 0 Å². The second kappa shape index (κ2) is 9.67. The van der Waals surface area contributed by atoms with Gasteiger partial charge in [0.1, 0.15) is 0 Å². The molecule has 154 valence electrons. The maximum Gasteiger partial charge on any atom is 0.271 e. The van der Waals surface area contributed by atoms with Gasteiger partial charge in [0, 0.05) is 34.3 Å². The lowest BCUT2D eigenvalue weighted by Gasteiger charge is -2.21. The van der Waals surface area contributed by atoms with E-state index in [0.717, 1.165) is 10.0 Å². The molecule has 1 N–H and O–H groups in total. The first-order valence-corrected chi connectivity index (χ1v) is 10.5. The molecule has 1 unspecified atom stereocenters.